The number of carbonyl (C=O) groups is 1. The number of amides is 1. The van der Waals surface area contributed by atoms with Crippen molar-refractivity contribution in [1.29, 1.82) is 0 Å². The molecule has 0 unspecified atom stereocenters. The number of pyridine rings is 1. The topological polar surface area (TPSA) is 79.6 Å². The minimum atomic E-state index is -0.428. The largest absolute Gasteiger partial charge is 0.362 e. The minimum Gasteiger partial charge on any atom is -0.362 e. The Hall–Kier alpha value is -2.32. The van der Waals surface area contributed by atoms with Crippen LogP contribution in [0.25, 0.3) is 0 Å². The maximum absolute atomic E-state index is 12.4. The quantitative estimate of drug-likeness (QED) is 0.442. The second-order valence-electron chi connectivity index (χ2n) is 5.71. The third kappa shape index (κ3) is 4.44. The molecule has 0 bridgehead atoms. The lowest BCUT2D eigenvalue weighted by molar-refractivity contribution is -0.384. The number of rotatable bonds is 5. The van der Waals surface area contributed by atoms with Crippen molar-refractivity contribution in [3.8, 4) is 0 Å². The molecule has 0 N–H and O–H groups in total. The number of piperazine rings is 1. The van der Waals surface area contributed by atoms with Crippen LogP contribution in [0.4, 0.5) is 11.4 Å². The van der Waals surface area contributed by atoms with Crippen LogP contribution in [0.5, 0.6) is 0 Å². The SMILES string of the molecule is O=C(CSc1ccccn1)N1CCN(c2ccc(Cl)cc2[N+](=O)[O-])CC1. The summed E-state index contributed by atoms with van der Waals surface area (Å²) >= 11 is 7.27. The van der Waals surface area contributed by atoms with Gasteiger partial charge in [-0.1, -0.05) is 29.4 Å². The molecule has 1 aliphatic rings. The van der Waals surface area contributed by atoms with Crippen molar-refractivity contribution in [3.63, 3.8) is 0 Å². The maximum Gasteiger partial charge on any atom is 0.294 e. The molecule has 26 heavy (non-hydrogen) atoms. The van der Waals surface area contributed by atoms with Gasteiger partial charge < -0.3 is 9.80 Å². The molecule has 1 amide bonds. The van der Waals surface area contributed by atoms with Crippen molar-refractivity contribution >= 4 is 40.6 Å². The van der Waals surface area contributed by atoms with Crippen molar-refractivity contribution < 1.29 is 9.72 Å². The number of nitro benzene ring substituents is 1. The molecule has 3 rings (SSSR count). The Morgan fingerprint density at radius 1 is 1.23 bits per heavy atom. The number of hydrogen-bond donors (Lipinski definition) is 0. The fraction of sp³-hybridized carbons (Fsp3) is 0.294. The van der Waals surface area contributed by atoms with Gasteiger partial charge in [0.05, 0.1) is 15.7 Å². The van der Waals surface area contributed by atoms with Crippen LogP contribution < -0.4 is 4.90 Å². The molecule has 9 heteroatoms. The van der Waals surface area contributed by atoms with Crippen molar-refractivity contribution in [2.45, 2.75) is 5.03 Å². The van der Waals surface area contributed by atoms with E-state index in [-0.39, 0.29) is 11.6 Å². The minimum absolute atomic E-state index is 0.0111. The second-order valence-corrected chi connectivity index (χ2v) is 7.15. The molecule has 1 aromatic carbocycles. The third-order valence-electron chi connectivity index (χ3n) is 4.09. The number of carbonyl (C=O) groups excluding carboxylic acids is 1. The summed E-state index contributed by atoms with van der Waals surface area (Å²) in [4.78, 5) is 31.1. The van der Waals surface area contributed by atoms with E-state index >= 15 is 0 Å². The normalized spacial score (nSPS) is 14.3. The third-order valence-corrected chi connectivity index (χ3v) is 5.25. The van der Waals surface area contributed by atoms with Gasteiger partial charge >= 0.3 is 0 Å². The fourth-order valence-electron chi connectivity index (χ4n) is 2.77. The van der Waals surface area contributed by atoms with Gasteiger partial charge in [-0.15, -0.1) is 0 Å². The molecule has 136 valence electrons. The molecule has 2 heterocycles. The number of hydrogen-bond acceptors (Lipinski definition) is 6. The summed E-state index contributed by atoms with van der Waals surface area (Å²) in [5.74, 6) is 0.379. The van der Waals surface area contributed by atoms with Crippen molar-refractivity contribution in [1.82, 2.24) is 9.88 Å². The van der Waals surface area contributed by atoms with Gasteiger partial charge in [0.1, 0.15) is 5.69 Å². The van der Waals surface area contributed by atoms with Gasteiger partial charge in [0.25, 0.3) is 5.69 Å². The Morgan fingerprint density at radius 3 is 2.65 bits per heavy atom. The van der Waals surface area contributed by atoms with Crippen LogP contribution in [0.15, 0.2) is 47.6 Å². The highest BCUT2D eigenvalue weighted by molar-refractivity contribution is 7.99. The highest BCUT2D eigenvalue weighted by Crippen LogP contribution is 2.31. The molecular formula is C17H17ClN4O3S. The first-order chi connectivity index (χ1) is 12.5. The van der Waals surface area contributed by atoms with E-state index in [9.17, 15) is 14.9 Å². The first kappa shape index (κ1) is 18.5. The van der Waals surface area contributed by atoms with E-state index in [1.807, 2.05) is 23.1 Å². The van der Waals surface area contributed by atoms with E-state index in [1.54, 1.807) is 23.2 Å². The van der Waals surface area contributed by atoms with Crippen LogP contribution in [0.2, 0.25) is 5.02 Å². The lowest BCUT2D eigenvalue weighted by atomic mass is 10.2. The van der Waals surface area contributed by atoms with E-state index < -0.39 is 4.92 Å². The molecule has 2 aromatic rings. The Labute approximate surface area is 160 Å². The molecule has 1 fully saturated rings. The van der Waals surface area contributed by atoms with Gasteiger partial charge in [0, 0.05) is 43.5 Å². The summed E-state index contributed by atoms with van der Waals surface area (Å²) in [6.07, 6.45) is 1.70. The van der Waals surface area contributed by atoms with E-state index in [0.29, 0.717) is 42.6 Å². The Kier molecular flexibility index (Phi) is 5.95. The molecule has 0 aliphatic carbocycles. The van der Waals surface area contributed by atoms with E-state index in [1.165, 1.54) is 17.8 Å². The van der Waals surface area contributed by atoms with Crippen LogP contribution >= 0.6 is 23.4 Å². The molecule has 1 aliphatic heterocycles. The zero-order chi connectivity index (χ0) is 18.5. The predicted octanol–water partition coefficient (Wildman–Crippen LogP) is 3.08. The molecule has 0 radical (unpaired) electrons. The molecule has 1 aromatic heterocycles. The predicted molar refractivity (Wildman–Crippen MR) is 102 cm³/mol. The standard InChI is InChI=1S/C17H17ClN4O3S/c18-13-4-5-14(15(11-13)22(24)25)20-7-9-21(10-8-20)17(23)12-26-16-3-1-2-6-19-16/h1-6,11H,7-10,12H2. The molecular weight excluding hydrogens is 376 g/mol. The smallest absolute Gasteiger partial charge is 0.294 e. The number of nitro groups is 1. The Balaban J connectivity index is 1.57. The molecule has 0 saturated carbocycles. The number of nitrogens with zero attached hydrogens (tertiary/aromatic N) is 4. The first-order valence-electron chi connectivity index (χ1n) is 8.05. The van der Waals surface area contributed by atoms with Gasteiger partial charge in [0.2, 0.25) is 5.91 Å². The first-order valence-corrected chi connectivity index (χ1v) is 9.41. The van der Waals surface area contributed by atoms with Crippen molar-refractivity contribution in [3.05, 3.63) is 57.7 Å². The van der Waals surface area contributed by atoms with Crippen LogP contribution in [0, 0.1) is 10.1 Å². The summed E-state index contributed by atoms with van der Waals surface area (Å²) in [6, 6.07) is 10.3. The van der Waals surface area contributed by atoms with E-state index in [2.05, 4.69) is 4.98 Å². The average Bonchev–Trinajstić information content (AvgIpc) is 2.67. The van der Waals surface area contributed by atoms with Crippen LogP contribution in [-0.4, -0.2) is 52.6 Å². The summed E-state index contributed by atoms with van der Waals surface area (Å²) in [5, 5.41) is 12.4. The highest BCUT2D eigenvalue weighted by Gasteiger charge is 2.26. The zero-order valence-electron chi connectivity index (χ0n) is 13.9. The summed E-state index contributed by atoms with van der Waals surface area (Å²) in [6.45, 7) is 2.15. The lowest BCUT2D eigenvalue weighted by Crippen LogP contribution is -2.49. The summed E-state index contributed by atoms with van der Waals surface area (Å²) in [7, 11) is 0. The lowest BCUT2D eigenvalue weighted by Gasteiger charge is -2.35. The van der Waals surface area contributed by atoms with Crippen LogP contribution in [0.1, 0.15) is 0 Å². The summed E-state index contributed by atoms with van der Waals surface area (Å²) < 4.78 is 0. The van der Waals surface area contributed by atoms with E-state index in [4.69, 9.17) is 11.6 Å². The van der Waals surface area contributed by atoms with Gasteiger partial charge in [0.15, 0.2) is 0 Å². The molecule has 0 spiro atoms. The molecule has 1 saturated heterocycles. The van der Waals surface area contributed by atoms with Crippen LogP contribution in [-0.2, 0) is 4.79 Å². The van der Waals surface area contributed by atoms with E-state index in [0.717, 1.165) is 5.03 Å². The van der Waals surface area contributed by atoms with Gasteiger partial charge in [-0.2, -0.15) is 0 Å². The number of halogens is 1. The van der Waals surface area contributed by atoms with Crippen molar-refractivity contribution in [2.24, 2.45) is 0 Å². The van der Waals surface area contributed by atoms with Gasteiger partial charge in [-0.25, -0.2) is 4.98 Å². The average molecular weight is 393 g/mol. The molecule has 0 atom stereocenters. The molecule has 7 nitrogen and oxygen atoms in total. The maximum atomic E-state index is 12.4. The van der Waals surface area contributed by atoms with Gasteiger partial charge in [-0.3, -0.25) is 14.9 Å². The number of thioether (sulfide) groups is 1. The Bertz CT molecular complexity index is 798. The number of anilines is 1. The monoisotopic (exact) mass is 392 g/mol. The van der Waals surface area contributed by atoms with Gasteiger partial charge in [-0.05, 0) is 24.3 Å². The number of aromatic nitrogens is 1. The highest BCUT2D eigenvalue weighted by atomic mass is 35.5. The zero-order valence-corrected chi connectivity index (χ0v) is 15.4. The summed E-state index contributed by atoms with van der Waals surface area (Å²) in [5.41, 5.74) is 0.525. The van der Waals surface area contributed by atoms with Crippen LogP contribution in [0.3, 0.4) is 0 Å². The fourth-order valence-corrected chi connectivity index (χ4v) is 3.70. The van der Waals surface area contributed by atoms with Crippen molar-refractivity contribution in [2.75, 3.05) is 36.8 Å². The number of benzene rings is 1. The second kappa shape index (κ2) is 8.37. The Morgan fingerprint density at radius 2 is 2.00 bits per heavy atom.